The summed E-state index contributed by atoms with van der Waals surface area (Å²) in [5, 5.41) is 0.698. The van der Waals surface area contributed by atoms with Crippen LogP contribution in [-0.4, -0.2) is 25.5 Å². The van der Waals surface area contributed by atoms with E-state index in [1.54, 1.807) is 42.5 Å². The molecule has 0 N–H and O–H groups in total. The molecule has 5 nitrogen and oxygen atoms in total. The number of carbonyl (C=O) groups excluding carboxylic acids is 1. The summed E-state index contributed by atoms with van der Waals surface area (Å²) in [7, 11) is -2.49. The molecule has 0 aliphatic heterocycles. The van der Waals surface area contributed by atoms with Gasteiger partial charge in [0.1, 0.15) is 0 Å². The molecule has 0 saturated carbocycles. The fraction of sp³-hybridized carbons (Fsp3) is 0.105. The Kier molecular flexibility index (Phi) is 5.02. The average Bonchev–Trinajstić information content (AvgIpc) is 3.01. The Morgan fingerprint density at radius 1 is 1.15 bits per heavy atom. The van der Waals surface area contributed by atoms with Crippen molar-refractivity contribution in [2.24, 2.45) is 0 Å². The number of rotatable bonds is 4. The summed E-state index contributed by atoms with van der Waals surface area (Å²) in [5.74, 6) is -0.514. The lowest BCUT2D eigenvalue weighted by Gasteiger charge is -2.08. The van der Waals surface area contributed by atoms with Gasteiger partial charge in [0.15, 0.2) is 0 Å². The summed E-state index contributed by atoms with van der Waals surface area (Å²) in [6, 6.07) is 12.0. The Bertz CT molecular complexity index is 1110. The van der Waals surface area contributed by atoms with Gasteiger partial charge in [0.2, 0.25) is 0 Å². The van der Waals surface area contributed by atoms with Crippen molar-refractivity contribution in [3.05, 3.63) is 70.3 Å². The van der Waals surface area contributed by atoms with Gasteiger partial charge in [-0.2, -0.15) is 0 Å². The van der Waals surface area contributed by atoms with Gasteiger partial charge >= 0.3 is 5.97 Å². The highest BCUT2D eigenvalue weighted by molar-refractivity contribution is 9.10. The molecule has 26 heavy (non-hydrogen) atoms. The Morgan fingerprint density at radius 2 is 1.85 bits per heavy atom. The third-order valence-electron chi connectivity index (χ3n) is 3.95. The van der Waals surface area contributed by atoms with Gasteiger partial charge in [-0.1, -0.05) is 39.7 Å². The van der Waals surface area contributed by atoms with Crippen molar-refractivity contribution >= 4 is 48.9 Å². The highest BCUT2D eigenvalue weighted by Gasteiger charge is 2.21. The van der Waals surface area contributed by atoms with E-state index in [1.807, 2.05) is 13.0 Å². The van der Waals surface area contributed by atoms with E-state index in [9.17, 15) is 13.2 Å². The van der Waals surface area contributed by atoms with E-state index < -0.39 is 16.0 Å². The lowest BCUT2D eigenvalue weighted by atomic mass is 10.1. The fourth-order valence-corrected chi connectivity index (χ4v) is 4.57. The number of hydrogen-bond donors (Lipinski definition) is 0. The molecule has 0 bridgehead atoms. The van der Waals surface area contributed by atoms with Crippen LogP contribution in [0.25, 0.3) is 17.0 Å². The van der Waals surface area contributed by atoms with Gasteiger partial charge in [-0.25, -0.2) is 17.2 Å². The number of esters is 1. The first-order valence-electron chi connectivity index (χ1n) is 7.72. The van der Waals surface area contributed by atoms with Crippen LogP contribution in [0.2, 0.25) is 0 Å². The van der Waals surface area contributed by atoms with Crippen LogP contribution in [0.5, 0.6) is 0 Å². The Balaban J connectivity index is 2.24. The van der Waals surface area contributed by atoms with Crippen molar-refractivity contribution in [2.45, 2.75) is 11.8 Å². The normalized spacial score (nSPS) is 12.0. The number of hydrogen-bond acceptors (Lipinski definition) is 4. The zero-order valence-electron chi connectivity index (χ0n) is 14.1. The van der Waals surface area contributed by atoms with Crippen LogP contribution in [0.1, 0.15) is 11.1 Å². The molecular formula is C19H16BrNO4S. The molecule has 0 amide bonds. The van der Waals surface area contributed by atoms with E-state index in [2.05, 4.69) is 20.7 Å². The first-order chi connectivity index (χ1) is 12.3. The van der Waals surface area contributed by atoms with E-state index in [1.165, 1.54) is 23.4 Å². The van der Waals surface area contributed by atoms with Crippen LogP contribution in [-0.2, 0) is 19.6 Å². The molecule has 134 valence electrons. The van der Waals surface area contributed by atoms with E-state index in [0.717, 1.165) is 10.0 Å². The van der Waals surface area contributed by atoms with Crippen molar-refractivity contribution in [3.63, 3.8) is 0 Å². The summed E-state index contributed by atoms with van der Waals surface area (Å²) < 4.78 is 32.8. The average molecular weight is 434 g/mol. The minimum absolute atomic E-state index is 0.198. The predicted molar refractivity (Wildman–Crippen MR) is 104 cm³/mol. The second-order valence-corrected chi connectivity index (χ2v) is 8.36. The molecule has 0 fully saturated rings. The van der Waals surface area contributed by atoms with Crippen LogP contribution in [0.4, 0.5) is 0 Å². The van der Waals surface area contributed by atoms with Gasteiger partial charge in [0, 0.05) is 27.7 Å². The monoisotopic (exact) mass is 433 g/mol. The minimum atomic E-state index is -3.78. The number of aryl methyl sites for hydroxylation is 1. The Morgan fingerprint density at radius 3 is 2.50 bits per heavy atom. The molecule has 3 aromatic rings. The first kappa shape index (κ1) is 18.4. The van der Waals surface area contributed by atoms with Crippen LogP contribution in [0.15, 0.2) is 64.1 Å². The molecule has 0 spiro atoms. The number of nitrogens with zero attached hydrogens (tertiary/aromatic N) is 1. The first-order valence-corrected chi connectivity index (χ1v) is 9.96. The standard InChI is InChI=1S/C19H16BrNO4S/c1-13-6-9-15(10-7-13)26(23,24)21-12-14(8-11-18(22)25-2)19-16(20)4-3-5-17(19)21/h3-12H,1-2H3. The summed E-state index contributed by atoms with van der Waals surface area (Å²) in [6.45, 7) is 1.90. The van der Waals surface area contributed by atoms with Crippen molar-refractivity contribution in [1.29, 1.82) is 0 Å². The molecule has 0 radical (unpaired) electrons. The Labute approximate surface area is 160 Å². The lowest BCUT2D eigenvalue weighted by Crippen LogP contribution is -2.11. The number of benzene rings is 2. The Hall–Kier alpha value is -2.38. The molecule has 3 rings (SSSR count). The molecule has 0 aliphatic carbocycles. The predicted octanol–water partition coefficient (Wildman–Crippen LogP) is 4.14. The summed E-state index contributed by atoms with van der Waals surface area (Å²) in [4.78, 5) is 11.6. The van der Waals surface area contributed by atoms with Crippen LogP contribution in [0.3, 0.4) is 0 Å². The topological polar surface area (TPSA) is 65.4 Å². The largest absolute Gasteiger partial charge is 0.466 e. The molecule has 1 heterocycles. The van der Waals surface area contributed by atoms with Crippen LogP contribution < -0.4 is 0 Å². The highest BCUT2D eigenvalue weighted by atomic mass is 79.9. The van der Waals surface area contributed by atoms with Crippen molar-refractivity contribution < 1.29 is 17.9 Å². The number of fused-ring (bicyclic) bond motifs is 1. The second-order valence-electron chi connectivity index (χ2n) is 5.69. The van der Waals surface area contributed by atoms with Crippen molar-refractivity contribution in [1.82, 2.24) is 3.97 Å². The van der Waals surface area contributed by atoms with E-state index in [4.69, 9.17) is 0 Å². The molecule has 0 saturated heterocycles. The summed E-state index contributed by atoms with van der Waals surface area (Å²) in [5.41, 5.74) is 2.09. The SMILES string of the molecule is COC(=O)C=Cc1cn(S(=O)(=O)c2ccc(C)cc2)c2cccc(Br)c12. The lowest BCUT2D eigenvalue weighted by molar-refractivity contribution is -0.134. The maximum Gasteiger partial charge on any atom is 0.330 e. The van der Waals surface area contributed by atoms with Gasteiger partial charge < -0.3 is 4.74 Å². The number of methoxy groups -OCH3 is 1. The zero-order chi connectivity index (χ0) is 18.9. The molecule has 7 heteroatoms. The maximum absolute atomic E-state index is 13.1. The van der Waals surface area contributed by atoms with Crippen molar-refractivity contribution in [3.8, 4) is 0 Å². The van der Waals surface area contributed by atoms with Gasteiger partial charge in [-0.05, 0) is 37.3 Å². The molecular weight excluding hydrogens is 418 g/mol. The molecule has 0 unspecified atom stereocenters. The fourth-order valence-electron chi connectivity index (χ4n) is 2.62. The van der Waals surface area contributed by atoms with Crippen LogP contribution >= 0.6 is 15.9 Å². The summed E-state index contributed by atoms with van der Waals surface area (Å²) >= 11 is 3.46. The molecule has 0 atom stereocenters. The minimum Gasteiger partial charge on any atom is -0.466 e. The molecule has 2 aromatic carbocycles. The highest BCUT2D eigenvalue weighted by Crippen LogP contribution is 2.32. The smallest absolute Gasteiger partial charge is 0.330 e. The zero-order valence-corrected chi connectivity index (χ0v) is 16.5. The number of halogens is 1. The van der Waals surface area contributed by atoms with Crippen molar-refractivity contribution in [2.75, 3.05) is 7.11 Å². The number of carbonyl (C=O) groups is 1. The molecule has 0 aliphatic rings. The van der Waals surface area contributed by atoms with E-state index >= 15 is 0 Å². The second kappa shape index (κ2) is 7.09. The van der Waals surface area contributed by atoms with E-state index in [0.29, 0.717) is 16.5 Å². The maximum atomic E-state index is 13.1. The van der Waals surface area contributed by atoms with E-state index in [-0.39, 0.29) is 4.90 Å². The third-order valence-corrected chi connectivity index (χ3v) is 6.30. The van der Waals surface area contributed by atoms with Gasteiger partial charge in [0.05, 0.1) is 17.5 Å². The number of ether oxygens (including phenoxy) is 1. The quantitative estimate of drug-likeness (QED) is 0.458. The third kappa shape index (κ3) is 3.32. The summed E-state index contributed by atoms with van der Waals surface area (Å²) in [6.07, 6.45) is 4.31. The van der Waals surface area contributed by atoms with Gasteiger partial charge in [-0.15, -0.1) is 0 Å². The van der Waals surface area contributed by atoms with Gasteiger partial charge in [-0.3, -0.25) is 0 Å². The molecule has 1 aromatic heterocycles. The number of aromatic nitrogens is 1. The van der Waals surface area contributed by atoms with Crippen LogP contribution in [0, 0.1) is 6.92 Å². The van der Waals surface area contributed by atoms with Gasteiger partial charge in [0.25, 0.3) is 10.0 Å².